The Balaban J connectivity index is 2.16. The van der Waals surface area contributed by atoms with Crippen molar-refractivity contribution in [3.05, 3.63) is 83.4 Å². The zero-order valence-electron chi connectivity index (χ0n) is 14.5. The number of amides is 2. The first-order valence-electron chi connectivity index (χ1n) is 8.02. The summed E-state index contributed by atoms with van der Waals surface area (Å²) < 4.78 is 0. The van der Waals surface area contributed by atoms with Crippen molar-refractivity contribution in [2.45, 2.75) is 6.92 Å². The van der Waals surface area contributed by atoms with Gasteiger partial charge >= 0.3 is 0 Å². The molecule has 2 amide bonds. The van der Waals surface area contributed by atoms with Crippen LogP contribution in [0.25, 0.3) is 6.08 Å². The van der Waals surface area contributed by atoms with Gasteiger partial charge in [0.05, 0.1) is 0 Å². The normalized spacial score (nSPS) is 10.5. The average Bonchev–Trinajstić information content (AvgIpc) is 2.65. The summed E-state index contributed by atoms with van der Waals surface area (Å²) in [7, 11) is 0. The van der Waals surface area contributed by atoms with E-state index in [1.165, 1.54) is 12.2 Å². The summed E-state index contributed by atoms with van der Waals surface area (Å²) in [4.78, 5) is 24.2. The molecule has 5 heteroatoms. The van der Waals surface area contributed by atoms with Gasteiger partial charge in [0.1, 0.15) is 11.6 Å². The Morgan fingerprint density at radius 3 is 2.58 bits per heavy atom. The second kappa shape index (κ2) is 9.00. The molecule has 0 bridgehead atoms. The van der Waals surface area contributed by atoms with Crippen LogP contribution in [-0.2, 0) is 4.79 Å². The molecule has 0 heterocycles. The van der Waals surface area contributed by atoms with E-state index in [4.69, 9.17) is 5.26 Å². The van der Waals surface area contributed by atoms with Crippen LogP contribution in [0.5, 0.6) is 0 Å². The Labute approximate surface area is 152 Å². The minimum Gasteiger partial charge on any atom is -0.348 e. The van der Waals surface area contributed by atoms with Crippen molar-refractivity contribution in [2.24, 2.45) is 0 Å². The third-order valence-electron chi connectivity index (χ3n) is 3.54. The van der Waals surface area contributed by atoms with Gasteiger partial charge in [-0.15, -0.1) is 6.58 Å². The molecule has 0 aliphatic heterocycles. The van der Waals surface area contributed by atoms with Gasteiger partial charge in [0.15, 0.2) is 0 Å². The SMILES string of the molecule is C=CCNC(=O)/C(C#N)=C/c1cccc(NC(=O)c2ccc(C)cc2)c1. The van der Waals surface area contributed by atoms with Crippen LogP contribution in [0.1, 0.15) is 21.5 Å². The fraction of sp³-hybridized carbons (Fsp3) is 0.0952. The molecule has 0 unspecified atom stereocenters. The molecular formula is C21H19N3O2. The summed E-state index contributed by atoms with van der Waals surface area (Å²) >= 11 is 0. The molecule has 0 aromatic heterocycles. The third kappa shape index (κ3) is 5.18. The van der Waals surface area contributed by atoms with E-state index >= 15 is 0 Å². The third-order valence-corrected chi connectivity index (χ3v) is 3.54. The molecule has 2 aromatic carbocycles. The molecule has 0 atom stereocenters. The minimum atomic E-state index is -0.471. The molecule has 130 valence electrons. The highest BCUT2D eigenvalue weighted by molar-refractivity contribution is 6.05. The lowest BCUT2D eigenvalue weighted by molar-refractivity contribution is -0.116. The van der Waals surface area contributed by atoms with Crippen LogP contribution >= 0.6 is 0 Å². The van der Waals surface area contributed by atoms with Crippen molar-refractivity contribution in [1.82, 2.24) is 5.32 Å². The van der Waals surface area contributed by atoms with E-state index in [0.29, 0.717) is 16.8 Å². The molecule has 2 rings (SSSR count). The first-order chi connectivity index (χ1) is 12.5. The van der Waals surface area contributed by atoms with E-state index in [-0.39, 0.29) is 18.0 Å². The maximum Gasteiger partial charge on any atom is 0.262 e. The summed E-state index contributed by atoms with van der Waals surface area (Å²) in [5, 5.41) is 14.5. The molecule has 0 radical (unpaired) electrons. The number of benzene rings is 2. The predicted octanol–water partition coefficient (Wildman–Crippen LogP) is 3.46. The van der Waals surface area contributed by atoms with Crippen molar-refractivity contribution in [3.63, 3.8) is 0 Å². The monoisotopic (exact) mass is 345 g/mol. The topological polar surface area (TPSA) is 82.0 Å². The summed E-state index contributed by atoms with van der Waals surface area (Å²) in [6.07, 6.45) is 3.01. The molecule has 26 heavy (non-hydrogen) atoms. The van der Waals surface area contributed by atoms with Crippen LogP contribution in [0.3, 0.4) is 0 Å². The fourth-order valence-corrected chi connectivity index (χ4v) is 2.19. The number of rotatable bonds is 6. The Morgan fingerprint density at radius 1 is 1.19 bits per heavy atom. The number of nitrogens with one attached hydrogen (secondary N) is 2. The number of hydrogen-bond acceptors (Lipinski definition) is 3. The number of hydrogen-bond donors (Lipinski definition) is 2. The second-order valence-corrected chi connectivity index (χ2v) is 5.61. The quantitative estimate of drug-likeness (QED) is 0.478. The van der Waals surface area contributed by atoms with Crippen LogP contribution in [-0.4, -0.2) is 18.4 Å². The van der Waals surface area contributed by atoms with E-state index in [9.17, 15) is 9.59 Å². The van der Waals surface area contributed by atoms with Gasteiger partial charge in [0, 0.05) is 17.8 Å². The lowest BCUT2D eigenvalue weighted by Gasteiger charge is -2.07. The molecule has 0 saturated carbocycles. The Bertz CT molecular complexity index is 890. The number of carbonyl (C=O) groups is 2. The Morgan fingerprint density at radius 2 is 1.92 bits per heavy atom. The summed E-state index contributed by atoms with van der Waals surface area (Å²) in [6, 6.07) is 16.1. The molecule has 0 fully saturated rings. The first kappa shape index (κ1) is 18.7. The summed E-state index contributed by atoms with van der Waals surface area (Å²) in [5.41, 5.74) is 2.82. The molecule has 0 spiro atoms. The zero-order valence-corrected chi connectivity index (χ0v) is 14.5. The standard InChI is InChI=1S/C21H19N3O2/c1-3-11-23-20(25)18(14-22)12-16-5-4-6-19(13-16)24-21(26)17-9-7-15(2)8-10-17/h3-10,12-13H,1,11H2,2H3,(H,23,25)(H,24,26)/b18-12+. The highest BCUT2D eigenvalue weighted by Gasteiger charge is 2.09. The van der Waals surface area contributed by atoms with Crippen LogP contribution < -0.4 is 10.6 Å². The predicted molar refractivity (Wildman–Crippen MR) is 102 cm³/mol. The van der Waals surface area contributed by atoms with Gasteiger partial charge in [-0.25, -0.2) is 0 Å². The Hall–Kier alpha value is -3.65. The average molecular weight is 345 g/mol. The van der Waals surface area contributed by atoms with Crippen LogP contribution in [0.15, 0.2) is 66.8 Å². The van der Waals surface area contributed by atoms with Crippen molar-refractivity contribution < 1.29 is 9.59 Å². The van der Waals surface area contributed by atoms with Gasteiger partial charge in [-0.05, 0) is 42.8 Å². The van der Waals surface area contributed by atoms with Crippen molar-refractivity contribution in [2.75, 3.05) is 11.9 Å². The van der Waals surface area contributed by atoms with Gasteiger partial charge < -0.3 is 10.6 Å². The lowest BCUT2D eigenvalue weighted by Crippen LogP contribution is -2.24. The van der Waals surface area contributed by atoms with Crippen molar-refractivity contribution in [3.8, 4) is 6.07 Å². The Kier molecular flexibility index (Phi) is 6.47. The van der Waals surface area contributed by atoms with Crippen molar-refractivity contribution >= 4 is 23.6 Å². The first-order valence-corrected chi connectivity index (χ1v) is 8.02. The molecule has 0 aliphatic carbocycles. The van der Waals surface area contributed by atoms with E-state index < -0.39 is 5.91 Å². The highest BCUT2D eigenvalue weighted by atomic mass is 16.2. The van der Waals surface area contributed by atoms with Gasteiger partial charge in [0.2, 0.25) is 0 Å². The number of carbonyl (C=O) groups excluding carboxylic acids is 2. The van der Waals surface area contributed by atoms with Crippen LogP contribution in [0.2, 0.25) is 0 Å². The van der Waals surface area contributed by atoms with Crippen LogP contribution in [0.4, 0.5) is 5.69 Å². The number of anilines is 1. The van der Waals surface area contributed by atoms with Crippen LogP contribution in [0, 0.1) is 18.3 Å². The zero-order chi connectivity index (χ0) is 18.9. The molecule has 2 aromatic rings. The fourth-order valence-electron chi connectivity index (χ4n) is 2.19. The summed E-state index contributed by atoms with van der Waals surface area (Å²) in [5.74, 6) is -0.697. The lowest BCUT2D eigenvalue weighted by atomic mass is 10.1. The van der Waals surface area contributed by atoms with Gasteiger partial charge in [-0.3, -0.25) is 9.59 Å². The highest BCUT2D eigenvalue weighted by Crippen LogP contribution is 2.15. The number of nitrogens with zero attached hydrogens (tertiary/aromatic N) is 1. The molecule has 5 nitrogen and oxygen atoms in total. The van der Waals surface area contributed by atoms with E-state index in [2.05, 4.69) is 17.2 Å². The number of nitriles is 1. The van der Waals surface area contributed by atoms with Gasteiger partial charge in [-0.2, -0.15) is 5.26 Å². The second-order valence-electron chi connectivity index (χ2n) is 5.61. The van der Waals surface area contributed by atoms with Gasteiger partial charge in [-0.1, -0.05) is 35.9 Å². The largest absolute Gasteiger partial charge is 0.348 e. The van der Waals surface area contributed by atoms with Crippen molar-refractivity contribution in [1.29, 1.82) is 5.26 Å². The van der Waals surface area contributed by atoms with E-state index in [1.807, 2.05) is 25.1 Å². The molecule has 2 N–H and O–H groups in total. The van der Waals surface area contributed by atoms with Gasteiger partial charge in [0.25, 0.3) is 11.8 Å². The maximum absolute atomic E-state index is 12.3. The van der Waals surface area contributed by atoms with E-state index in [1.54, 1.807) is 36.4 Å². The maximum atomic E-state index is 12.3. The minimum absolute atomic E-state index is 0.0196. The number of aryl methyl sites for hydroxylation is 1. The molecule has 0 saturated heterocycles. The van der Waals surface area contributed by atoms with E-state index in [0.717, 1.165) is 5.56 Å². The molecular weight excluding hydrogens is 326 g/mol. The smallest absolute Gasteiger partial charge is 0.262 e. The molecule has 0 aliphatic rings. The summed E-state index contributed by atoms with van der Waals surface area (Å²) in [6.45, 7) is 5.75.